The summed E-state index contributed by atoms with van der Waals surface area (Å²) in [5.41, 5.74) is 1.48. The monoisotopic (exact) mass is 393 g/mol. The first-order valence-corrected chi connectivity index (χ1v) is 9.68. The van der Waals surface area contributed by atoms with E-state index in [1.807, 2.05) is 62.4 Å². The zero-order chi connectivity index (χ0) is 19.7. The van der Waals surface area contributed by atoms with E-state index in [0.29, 0.717) is 21.1 Å². The van der Waals surface area contributed by atoms with Crippen molar-refractivity contribution in [3.8, 4) is 22.9 Å². The zero-order valence-electron chi connectivity index (χ0n) is 15.7. The van der Waals surface area contributed by atoms with Crippen LogP contribution in [-0.4, -0.2) is 27.8 Å². The molecule has 2 aromatic heterocycles. The fraction of sp³-hybridized carbons (Fsp3) is 0.190. The van der Waals surface area contributed by atoms with E-state index in [9.17, 15) is 4.79 Å². The van der Waals surface area contributed by atoms with E-state index in [2.05, 4.69) is 10.1 Å². The lowest BCUT2D eigenvalue weighted by Gasteiger charge is -2.09. The first-order valence-electron chi connectivity index (χ1n) is 8.86. The SMILES string of the molecule is COc1ccccc1/C=c1/sc2nc(-c3ccc(OC(C)C)cc3)nn2c1=O. The average molecular weight is 393 g/mol. The standard InChI is InChI=1S/C21H19N3O3S/c1-13(2)27-16-10-8-14(9-11-16)19-22-21-24(23-19)20(25)18(28-21)12-15-6-4-5-7-17(15)26-3/h4-13H,1-3H3/b18-12+. The second-order valence-corrected chi connectivity index (χ2v) is 7.49. The molecule has 0 radical (unpaired) electrons. The predicted molar refractivity (Wildman–Crippen MR) is 110 cm³/mol. The maximum Gasteiger partial charge on any atom is 0.291 e. The number of fused-ring (bicyclic) bond motifs is 1. The molecule has 4 aromatic rings. The minimum absolute atomic E-state index is 0.114. The largest absolute Gasteiger partial charge is 0.496 e. The van der Waals surface area contributed by atoms with Crippen LogP contribution in [0.25, 0.3) is 22.4 Å². The molecule has 0 aliphatic carbocycles. The lowest BCUT2D eigenvalue weighted by Crippen LogP contribution is -2.23. The van der Waals surface area contributed by atoms with Crippen LogP contribution >= 0.6 is 11.3 Å². The van der Waals surface area contributed by atoms with E-state index in [4.69, 9.17) is 9.47 Å². The third-order valence-electron chi connectivity index (χ3n) is 4.09. The highest BCUT2D eigenvalue weighted by atomic mass is 32.1. The van der Waals surface area contributed by atoms with Crippen molar-refractivity contribution in [3.05, 3.63) is 69.0 Å². The molecule has 142 valence electrons. The summed E-state index contributed by atoms with van der Waals surface area (Å²) in [5, 5.41) is 4.39. The number of hydrogen-bond acceptors (Lipinski definition) is 6. The van der Waals surface area contributed by atoms with E-state index >= 15 is 0 Å². The van der Waals surface area contributed by atoms with E-state index in [-0.39, 0.29) is 11.7 Å². The topological polar surface area (TPSA) is 65.7 Å². The molecule has 0 N–H and O–H groups in total. The highest BCUT2D eigenvalue weighted by Gasteiger charge is 2.12. The van der Waals surface area contributed by atoms with Crippen molar-refractivity contribution >= 4 is 22.4 Å². The second kappa shape index (κ2) is 7.44. The van der Waals surface area contributed by atoms with Gasteiger partial charge in [-0.1, -0.05) is 29.5 Å². The predicted octanol–water partition coefficient (Wildman–Crippen LogP) is 3.16. The van der Waals surface area contributed by atoms with Gasteiger partial charge in [0, 0.05) is 11.1 Å². The molecule has 28 heavy (non-hydrogen) atoms. The third kappa shape index (κ3) is 3.48. The van der Waals surface area contributed by atoms with Gasteiger partial charge in [-0.2, -0.15) is 9.50 Å². The van der Waals surface area contributed by atoms with Crippen molar-refractivity contribution in [2.45, 2.75) is 20.0 Å². The van der Waals surface area contributed by atoms with Crippen LogP contribution < -0.4 is 19.6 Å². The normalized spacial score (nSPS) is 12.1. The van der Waals surface area contributed by atoms with Gasteiger partial charge >= 0.3 is 0 Å². The summed E-state index contributed by atoms with van der Waals surface area (Å²) in [6, 6.07) is 15.1. The third-order valence-corrected chi connectivity index (χ3v) is 5.05. The van der Waals surface area contributed by atoms with E-state index in [1.54, 1.807) is 13.2 Å². The summed E-state index contributed by atoms with van der Waals surface area (Å²) in [6.07, 6.45) is 1.92. The summed E-state index contributed by atoms with van der Waals surface area (Å²) < 4.78 is 12.9. The molecule has 0 aliphatic rings. The number of benzene rings is 2. The van der Waals surface area contributed by atoms with Crippen LogP contribution in [0.2, 0.25) is 0 Å². The van der Waals surface area contributed by atoms with Crippen LogP contribution in [0.4, 0.5) is 0 Å². The summed E-state index contributed by atoms with van der Waals surface area (Å²) in [7, 11) is 1.61. The van der Waals surface area contributed by atoms with Crippen molar-refractivity contribution in [2.24, 2.45) is 0 Å². The molecule has 2 aromatic carbocycles. The minimum atomic E-state index is -0.190. The van der Waals surface area contributed by atoms with E-state index < -0.39 is 0 Å². The van der Waals surface area contributed by atoms with Gasteiger partial charge in [-0.3, -0.25) is 4.79 Å². The Morgan fingerprint density at radius 1 is 1.11 bits per heavy atom. The molecule has 7 heteroatoms. The lowest BCUT2D eigenvalue weighted by molar-refractivity contribution is 0.242. The maximum atomic E-state index is 12.7. The molecule has 0 bridgehead atoms. The molecule has 0 amide bonds. The van der Waals surface area contributed by atoms with Gasteiger partial charge in [0.05, 0.1) is 17.7 Å². The van der Waals surface area contributed by atoms with Gasteiger partial charge in [0.2, 0.25) is 4.96 Å². The number of methoxy groups -OCH3 is 1. The van der Waals surface area contributed by atoms with Crippen molar-refractivity contribution in [3.63, 3.8) is 0 Å². The molecule has 6 nitrogen and oxygen atoms in total. The van der Waals surface area contributed by atoms with Crippen LogP contribution in [0.1, 0.15) is 19.4 Å². The Kier molecular flexibility index (Phi) is 4.83. The van der Waals surface area contributed by atoms with Crippen molar-refractivity contribution < 1.29 is 9.47 Å². The first kappa shape index (κ1) is 18.2. The summed E-state index contributed by atoms with van der Waals surface area (Å²) in [5.74, 6) is 2.02. The quantitative estimate of drug-likeness (QED) is 0.521. The fourth-order valence-corrected chi connectivity index (χ4v) is 3.74. The van der Waals surface area contributed by atoms with E-state index in [1.165, 1.54) is 15.9 Å². The number of ether oxygens (including phenoxy) is 2. The van der Waals surface area contributed by atoms with Crippen LogP contribution in [0.3, 0.4) is 0 Å². The highest BCUT2D eigenvalue weighted by Crippen LogP contribution is 2.21. The summed E-state index contributed by atoms with van der Waals surface area (Å²) in [4.78, 5) is 17.8. The van der Waals surface area contributed by atoms with Gasteiger partial charge in [0.1, 0.15) is 11.5 Å². The van der Waals surface area contributed by atoms with Crippen LogP contribution in [0, 0.1) is 0 Å². The molecule has 0 saturated heterocycles. The van der Waals surface area contributed by atoms with Gasteiger partial charge in [-0.25, -0.2) is 0 Å². The van der Waals surface area contributed by atoms with Crippen molar-refractivity contribution in [2.75, 3.05) is 7.11 Å². The van der Waals surface area contributed by atoms with Crippen LogP contribution in [0.5, 0.6) is 11.5 Å². The number of thiazole rings is 1. The Labute approximate surface area is 165 Å². The molecule has 0 saturated carbocycles. The number of hydrogen-bond donors (Lipinski definition) is 0. The van der Waals surface area contributed by atoms with Crippen LogP contribution in [0.15, 0.2) is 53.3 Å². The number of para-hydroxylation sites is 1. The molecule has 0 atom stereocenters. The molecule has 0 fully saturated rings. The molecule has 0 aliphatic heterocycles. The second-order valence-electron chi connectivity index (χ2n) is 6.48. The Hall–Kier alpha value is -3.19. The molecule has 2 heterocycles. The first-order chi connectivity index (χ1) is 13.5. The van der Waals surface area contributed by atoms with Crippen molar-refractivity contribution in [1.29, 1.82) is 0 Å². The van der Waals surface area contributed by atoms with Gasteiger partial charge in [-0.05, 0) is 50.3 Å². The Balaban J connectivity index is 1.70. The summed E-state index contributed by atoms with van der Waals surface area (Å²) in [6.45, 7) is 3.96. The highest BCUT2D eigenvalue weighted by molar-refractivity contribution is 7.15. The van der Waals surface area contributed by atoms with Gasteiger partial charge in [0.25, 0.3) is 5.56 Å². The smallest absolute Gasteiger partial charge is 0.291 e. The van der Waals surface area contributed by atoms with Gasteiger partial charge in [-0.15, -0.1) is 5.10 Å². The molecule has 0 spiro atoms. The number of aromatic nitrogens is 3. The Morgan fingerprint density at radius 3 is 2.54 bits per heavy atom. The van der Waals surface area contributed by atoms with Gasteiger partial charge in [0.15, 0.2) is 5.82 Å². The lowest BCUT2D eigenvalue weighted by atomic mass is 10.2. The zero-order valence-corrected chi connectivity index (χ0v) is 16.6. The Morgan fingerprint density at radius 2 is 1.86 bits per heavy atom. The van der Waals surface area contributed by atoms with Crippen LogP contribution in [-0.2, 0) is 0 Å². The van der Waals surface area contributed by atoms with Gasteiger partial charge < -0.3 is 9.47 Å². The molecule has 0 unspecified atom stereocenters. The van der Waals surface area contributed by atoms with Crippen molar-refractivity contribution in [1.82, 2.24) is 14.6 Å². The number of nitrogens with zero attached hydrogens (tertiary/aromatic N) is 3. The molecular formula is C21H19N3O3S. The minimum Gasteiger partial charge on any atom is -0.496 e. The Bertz CT molecular complexity index is 1230. The number of rotatable bonds is 5. The van der Waals surface area contributed by atoms with E-state index in [0.717, 1.165) is 16.9 Å². The maximum absolute atomic E-state index is 12.7. The average Bonchev–Trinajstić information content (AvgIpc) is 3.22. The molecular weight excluding hydrogens is 374 g/mol. The fourth-order valence-electron chi connectivity index (χ4n) is 2.84. The molecule has 4 rings (SSSR count). The summed E-state index contributed by atoms with van der Waals surface area (Å²) >= 11 is 1.31.